The van der Waals surface area contributed by atoms with Crippen molar-refractivity contribution in [1.82, 2.24) is 20.4 Å². The Balaban J connectivity index is 1.60. The van der Waals surface area contributed by atoms with E-state index < -0.39 is 0 Å². The zero-order valence-corrected chi connectivity index (χ0v) is 18.4. The van der Waals surface area contributed by atoms with Gasteiger partial charge in [-0.3, -0.25) is 0 Å². The first-order valence-corrected chi connectivity index (χ1v) is 10.6. The van der Waals surface area contributed by atoms with E-state index in [0.29, 0.717) is 48.1 Å². The van der Waals surface area contributed by atoms with Crippen molar-refractivity contribution in [3.63, 3.8) is 0 Å². The fourth-order valence-corrected chi connectivity index (χ4v) is 3.32. The summed E-state index contributed by atoms with van der Waals surface area (Å²) in [5.74, 6) is 0.824. The number of nitrogens with two attached hydrogens (primary N) is 1. The largest absolute Gasteiger partial charge is 0.382 e. The molecule has 0 bridgehead atoms. The van der Waals surface area contributed by atoms with Crippen molar-refractivity contribution in [2.24, 2.45) is 4.99 Å². The zero-order chi connectivity index (χ0) is 22.9. The molecular formula is C24H28FN7. The summed E-state index contributed by atoms with van der Waals surface area (Å²) in [6, 6.07) is 16.7. The molecule has 1 heterocycles. The molecule has 0 unspecified atom stereocenters. The molecule has 1 aromatic heterocycles. The van der Waals surface area contributed by atoms with Gasteiger partial charge in [0.15, 0.2) is 5.96 Å². The Kier molecular flexibility index (Phi) is 7.81. The molecule has 3 aromatic rings. The third-order valence-electron chi connectivity index (χ3n) is 4.98. The van der Waals surface area contributed by atoms with Gasteiger partial charge in [-0.15, -0.1) is 0 Å². The molecule has 32 heavy (non-hydrogen) atoms. The van der Waals surface area contributed by atoms with Gasteiger partial charge >= 0.3 is 0 Å². The summed E-state index contributed by atoms with van der Waals surface area (Å²) in [5.41, 5.74) is 9.64. The molecule has 3 rings (SSSR count). The van der Waals surface area contributed by atoms with Crippen LogP contribution in [0.3, 0.4) is 0 Å². The predicted molar refractivity (Wildman–Crippen MR) is 125 cm³/mol. The van der Waals surface area contributed by atoms with Crippen molar-refractivity contribution in [3.8, 4) is 11.8 Å². The summed E-state index contributed by atoms with van der Waals surface area (Å²) in [4.78, 5) is 4.57. The SMILES string of the molecule is CCNC(=NCc1ccc(F)c(C)c1)NCCCc1nn(-c2ccccc2)c(N)c1C#N. The van der Waals surface area contributed by atoms with Crippen LogP contribution in [0.2, 0.25) is 0 Å². The maximum atomic E-state index is 13.4. The van der Waals surface area contributed by atoms with Crippen LogP contribution in [0.15, 0.2) is 53.5 Å². The molecular weight excluding hydrogens is 405 g/mol. The number of para-hydroxylation sites is 1. The highest BCUT2D eigenvalue weighted by atomic mass is 19.1. The number of nitrogen functional groups attached to an aromatic ring is 1. The van der Waals surface area contributed by atoms with Crippen LogP contribution >= 0.6 is 0 Å². The van der Waals surface area contributed by atoms with Gasteiger partial charge in [-0.2, -0.15) is 10.4 Å². The summed E-state index contributed by atoms with van der Waals surface area (Å²) < 4.78 is 15.1. The number of aliphatic imine (C=N–C) groups is 1. The lowest BCUT2D eigenvalue weighted by Crippen LogP contribution is -2.37. The highest BCUT2D eigenvalue weighted by Crippen LogP contribution is 2.21. The average molecular weight is 434 g/mol. The zero-order valence-electron chi connectivity index (χ0n) is 18.4. The number of aromatic nitrogens is 2. The molecule has 0 fully saturated rings. The van der Waals surface area contributed by atoms with Crippen molar-refractivity contribution in [2.75, 3.05) is 18.8 Å². The summed E-state index contributed by atoms with van der Waals surface area (Å²) in [6.45, 7) is 5.57. The lowest BCUT2D eigenvalue weighted by atomic mass is 10.1. The second-order valence-corrected chi connectivity index (χ2v) is 7.38. The monoisotopic (exact) mass is 433 g/mol. The molecule has 0 atom stereocenters. The van der Waals surface area contributed by atoms with Crippen LogP contribution in [0, 0.1) is 24.1 Å². The molecule has 0 saturated heterocycles. The molecule has 7 nitrogen and oxygen atoms in total. The minimum absolute atomic E-state index is 0.213. The molecule has 0 radical (unpaired) electrons. The van der Waals surface area contributed by atoms with Crippen LogP contribution in [0.5, 0.6) is 0 Å². The van der Waals surface area contributed by atoms with E-state index in [1.165, 1.54) is 6.07 Å². The van der Waals surface area contributed by atoms with E-state index in [0.717, 1.165) is 24.2 Å². The van der Waals surface area contributed by atoms with Crippen LogP contribution in [-0.4, -0.2) is 28.8 Å². The normalized spacial score (nSPS) is 11.2. The van der Waals surface area contributed by atoms with Crippen LogP contribution in [0.25, 0.3) is 5.69 Å². The van der Waals surface area contributed by atoms with E-state index in [1.807, 2.05) is 37.3 Å². The van der Waals surface area contributed by atoms with Gasteiger partial charge in [0.05, 0.1) is 17.9 Å². The predicted octanol–water partition coefficient (Wildman–Crippen LogP) is 3.46. The number of nitrogens with one attached hydrogen (secondary N) is 2. The van der Waals surface area contributed by atoms with E-state index in [9.17, 15) is 9.65 Å². The summed E-state index contributed by atoms with van der Waals surface area (Å²) in [7, 11) is 0. The number of nitrogens with zero attached hydrogens (tertiary/aromatic N) is 4. The van der Waals surface area contributed by atoms with Gasteiger partial charge in [-0.1, -0.05) is 30.3 Å². The minimum Gasteiger partial charge on any atom is -0.382 e. The number of hydrogen-bond acceptors (Lipinski definition) is 4. The van der Waals surface area contributed by atoms with Crippen LogP contribution in [-0.2, 0) is 13.0 Å². The first-order chi connectivity index (χ1) is 15.5. The molecule has 4 N–H and O–H groups in total. The van der Waals surface area contributed by atoms with Crippen LogP contribution < -0.4 is 16.4 Å². The maximum absolute atomic E-state index is 13.4. The number of halogens is 1. The van der Waals surface area contributed by atoms with Crippen LogP contribution in [0.4, 0.5) is 10.2 Å². The Labute approximate surface area is 187 Å². The minimum atomic E-state index is -0.213. The smallest absolute Gasteiger partial charge is 0.191 e. The van der Waals surface area contributed by atoms with Crippen molar-refractivity contribution >= 4 is 11.8 Å². The van der Waals surface area contributed by atoms with Crippen molar-refractivity contribution in [2.45, 2.75) is 33.2 Å². The third kappa shape index (κ3) is 5.64. The fourth-order valence-electron chi connectivity index (χ4n) is 3.32. The molecule has 0 saturated carbocycles. The lowest BCUT2D eigenvalue weighted by molar-refractivity contribution is 0.617. The number of rotatable bonds is 8. The number of aryl methyl sites for hydroxylation is 2. The molecule has 0 amide bonds. The topological polar surface area (TPSA) is 104 Å². The Morgan fingerprint density at radius 2 is 2.00 bits per heavy atom. The molecule has 0 aliphatic rings. The highest BCUT2D eigenvalue weighted by Gasteiger charge is 2.16. The van der Waals surface area contributed by atoms with Crippen LogP contribution in [0.1, 0.15) is 35.7 Å². The van der Waals surface area contributed by atoms with Crippen molar-refractivity contribution in [1.29, 1.82) is 5.26 Å². The van der Waals surface area contributed by atoms with E-state index in [4.69, 9.17) is 5.73 Å². The van der Waals surface area contributed by atoms with E-state index in [-0.39, 0.29) is 5.82 Å². The highest BCUT2D eigenvalue weighted by molar-refractivity contribution is 5.79. The molecule has 8 heteroatoms. The summed E-state index contributed by atoms with van der Waals surface area (Å²) in [5, 5.41) is 20.6. The van der Waals surface area contributed by atoms with Crippen molar-refractivity contribution in [3.05, 3.63) is 76.7 Å². The summed E-state index contributed by atoms with van der Waals surface area (Å²) in [6.07, 6.45) is 1.36. The van der Waals surface area contributed by atoms with Gasteiger partial charge in [-0.05, 0) is 56.0 Å². The quantitative estimate of drug-likeness (QED) is 0.287. The Bertz CT molecular complexity index is 1110. The van der Waals surface area contributed by atoms with Gasteiger partial charge in [0.25, 0.3) is 0 Å². The molecule has 0 aliphatic heterocycles. The van der Waals surface area contributed by atoms with E-state index in [1.54, 1.807) is 23.7 Å². The maximum Gasteiger partial charge on any atom is 0.191 e. The van der Waals surface area contributed by atoms with Crippen molar-refractivity contribution < 1.29 is 4.39 Å². The molecule has 2 aromatic carbocycles. The number of anilines is 1. The lowest BCUT2D eigenvalue weighted by Gasteiger charge is -2.11. The first kappa shape index (κ1) is 22.8. The molecule has 0 aliphatic carbocycles. The number of hydrogen-bond donors (Lipinski definition) is 3. The van der Waals surface area contributed by atoms with Gasteiger partial charge < -0.3 is 16.4 Å². The standard InChI is InChI=1S/C24H28FN7/c1-3-28-24(30-16-18-11-12-21(25)17(2)14-18)29-13-7-10-22-20(15-26)23(27)32(31-22)19-8-5-4-6-9-19/h4-6,8-9,11-12,14H,3,7,10,13,16,27H2,1-2H3,(H2,28,29,30). The number of guanidine groups is 1. The number of benzene rings is 2. The first-order valence-electron chi connectivity index (χ1n) is 10.6. The average Bonchev–Trinajstić information content (AvgIpc) is 3.12. The van der Waals surface area contributed by atoms with Gasteiger partial charge in [0.2, 0.25) is 0 Å². The number of nitriles is 1. The third-order valence-corrected chi connectivity index (χ3v) is 4.98. The second-order valence-electron chi connectivity index (χ2n) is 7.38. The van der Waals surface area contributed by atoms with Gasteiger partial charge in [0.1, 0.15) is 23.3 Å². The van der Waals surface area contributed by atoms with Gasteiger partial charge in [-0.25, -0.2) is 14.1 Å². The van der Waals surface area contributed by atoms with E-state index in [2.05, 4.69) is 26.8 Å². The molecule has 0 spiro atoms. The second kappa shape index (κ2) is 11.0. The summed E-state index contributed by atoms with van der Waals surface area (Å²) >= 11 is 0. The van der Waals surface area contributed by atoms with E-state index >= 15 is 0 Å². The Morgan fingerprint density at radius 3 is 2.69 bits per heavy atom. The fraction of sp³-hybridized carbons (Fsp3) is 0.292. The molecule has 166 valence electrons. The van der Waals surface area contributed by atoms with Gasteiger partial charge in [0, 0.05) is 13.1 Å². The Hall–Kier alpha value is -3.86. The Morgan fingerprint density at radius 1 is 1.22 bits per heavy atom.